The molecule has 3 fully saturated rings. The Bertz CT molecular complexity index is 869. The monoisotopic (exact) mass is 391 g/mol. The zero-order chi connectivity index (χ0) is 17.7. The molecule has 0 spiro atoms. The summed E-state index contributed by atoms with van der Waals surface area (Å²) in [6.07, 6.45) is 2.77. The average Bonchev–Trinajstić information content (AvgIpc) is 3.11. The van der Waals surface area contributed by atoms with Crippen LogP contribution < -0.4 is 15.5 Å². The molecule has 0 unspecified atom stereocenters. The summed E-state index contributed by atoms with van der Waals surface area (Å²) in [5.41, 5.74) is 1.84. The van der Waals surface area contributed by atoms with E-state index in [1.807, 2.05) is 6.07 Å². The van der Waals surface area contributed by atoms with Gasteiger partial charge in [-0.25, -0.2) is 4.79 Å². The number of anilines is 1. The van der Waals surface area contributed by atoms with Gasteiger partial charge in [-0.05, 0) is 30.5 Å². The zero-order valence-corrected chi connectivity index (χ0v) is 15.6. The van der Waals surface area contributed by atoms with Gasteiger partial charge in [-0.1, -0.05) is 11.2 Å². The summed E-state index contributed by atoms with van der Waals surface area (Å²) in [7, 11) is 0. The van der Waals surface area contributed by atoms with Crippen LogP contribution in [-0.2, 0) is 11.3 Å². The number of nitrogens with one attached hydrogen (secondary N) is 2. The quantitative estimate of drug-likeness (QED) is 0.826. The Morgan fingerprint density at radius 2 is 1.96 bits per heavy atom. The number of hydrogen-bond donors (Lipinski definition) is 2. The van der Waals surface area contributed by atoms with Gasteiger partial charge in [0.25, 0.3) is 0 Å². The highest BCUT2D eigenvalue weighted by atomic mass is 35.5. The van der Waals surface area contributed by atoms with Gasteiger partial charge < -0.3 is 9.84 Å². The van der Waals surface area contributed by atoms with Crippen LogP contribution in [0, 0.1) is 0 Å². The first kappa shape index (κ1) is 18.2. The summed E-state index contributed by atoms with van der Waals surface area (Å²) in [6, 6.07) is 6.81. The molecule has 3 aliphatic heterocycles. The van der Waals surface area contributed by atoms with Gasteiger partial charge in [-0.3, -0.25) is 19.9 Å². The molecule has 3 saturated heterocycles. The standard InChI is InChI=1S/C18H21N5O3.ClH/c24-16-5-6-22(18(25)20-16)17-14-7-11(1-4-15(14)26-21-17)10-23-12-2-3-13(23)9-19-8-12;/h1,4,7,12-13,19H,2-3,5-6,8-10H2,(H,20,24,25);1H/t12-,13+;. The molecule has 0 aliphatic carbocycles. The highest BCUT2D eigenvalue weighted by Gasteiger charge is 2.36. The second kappa shape index (κ2) is 7.10. The number of fused-ring (bicyclic) bond motifs is 3. The van der Waals surface area contributed by atoms with Crippen LogP contribution in [0.3, 0.4) is 0 Å². The topological polar surface area (TPSA) is 90.7 Å². The predicted molar refractivity (Wildman–Crippen MR) is 102 cm³/mol. The lowest BCUT2D eigenvalue weighted by molar-refractivity contribution is -0.120. The summed E-state index contributed by atoms with van der Waals surface area (Å²) in [4.78, 5) is 27.6. The fraction of sp³-hybridized carbons (Fsp3) is 0.500. The average molecular weight is 392 g/mol. The van der Waals surface area contributed by atoms with Crippen LogP contribution in [0.2, 0.25) is 0 Å². The number of piperazine rings is 1. The van der Waals surface area contributed by atoms with Crippen molar-refractivity contribution in [1.29, 1.82) is 0 Å². The van der Waals surface area contributed by atoms with E-state index in [1.54, 1.807) is 0 Å². The van der Waals surface area contributed by atoms with Crippen molar-refractivity contribution in [2.45, 2.75) is 37.9 Å². The number of rotatable bonds is 3. The Morgan fingerprint density at radius 1 is 1.19 bits per heavy atom. The Kier molecular flexibility index (Phi) is 4.79. The number of hydrogen-bond acceptors (Lipinski definition) is 6. The Labute approximate surface area is 162 Å². The molecule has 8 nitrogen and oxygen atoms in total. The van der Waals surface area contributed by atoms with Gasteiger partial charge >= 0.3 is 6.03 Å². The maximum absolute atomic E-state index is 12.1. The lowest BCUT2D eigenvalue weighted by atomic mass is 10.1. The minimum absolute atomic E-state index is 0. The summed E-state index contributed by atoms with van der Waals surface area (Å²) >= 11 is 0. The van der Waals surface area contributed by atoms with Gasteiger partial charge in [0, 0.05) is 44.7 Å². The van der Waals surface area contributed by atoms with Crippen LogP contribution in [0.25, 0.3) is 11.0 Å². The molecule has 3 amide bonds. The summed E-state index contributed by atoms with van der Waals surface area (Å²) in [6.45, 7) is 3.32. The fourth-order valence-electron chi connectivity index (χ4n) is 4.37. The molecular formula is C18H22ClN5O3. The third-order valence-corrected chi connectivity index (χ3v) is 5.72. The summed E-state index contributed by atoms with van der Waals surface area (Å²) in [5.74, 6) is 0.226. The minimum atomic E-state index is -0.443. The molecule has 1 aromatic heterocycles. The largest absolute Gasteiger partial charge is 0.354 e. The number of aromatic nitrogens is 1. The molecule has 2 bridgehead atoms. The van der Waals surface area contributed by atoms with Crippen LogP contribution in [0.15, 0.2) is 22.7 Å². The Balaban J connectivity index is 0.00000180. The number of nitrogens with zero attached hydrogens (tertiary/aromatic N) is 3. The first-order valence-corrected chi connectivity index (χ1v) is 9.15. The molecular weight excluding hydrogens is 370 g/mol. The van der Waals surface area contributed by atoms with Gasteiger partial charge in [-0.15, -0.1) is 12.4 Å². The van der Waals surface area contributed by atoms with Crippen molar-refractivity contribution in [1.82, 2.24) is 20.7 Å². The number of urea groups is 1. The van der Waals surface area contributed by atoms with Crippen molar-refractivity contribution in [3.8, 4) is 0 Å². The van der Waals surface area contributed by atoms with Gasteiger partial charge in [0.1, 0.15) is 0 Å². The van der Waals surface area contributed by atoms with E-state index in [4.69, 9.17) is 4.52 Å². The normalized spacial score (nSPS) is 25.6. The number of carbonyl (C=O) groups is 2. The predicted octanol–water partition coefficient (Wildman–Crippen LogP) is 1.63. The molecule has 4 heterocycles. The molecule has 9 heteroatoms. The molecule has 1 aromatic carbocycles. The molecule has 27 heavy (non-hydrogen) atoms. The van der Waals surface area contributed by atoms with Crippen LogP contribution in [-0.4, -0.2) is 53.7 Å². The number of carbonyl (C=O) groups excluding carboxylic acids is 2. The molecule has 0 radical (unpaired) electrons. The Morgan fingerprint density at radius 3 is 2.70 bits per heavy atom. The molecule has 3 aliphatic rings. The van der Waals surface area contributed by atoms with E-state index >= 15 is 0 Å². The zero-order valence-electron chi connectivity index (χ0n) is 14.8. The van der Waals surface area contributed by atoms with Gasteiger partial charge in [0.05, 0.1) is 5.39 Å². The molecule has 144 valence electrons. The maximum Gasteiger partial charge on any atom is 0.329 e. The molecule has 2 atom stereocenters. The van der Waals surface area contributed by atoms with E-state index < -0.39 is 6.03 Å². The summed E-state index contributed by atoms with van der Waals surface area (Å²) < 4.78 is 5.40. The maximum atomic E-state index is 12.1. The van der Waals surface area contributed by atoms with Gasteiger partial charge in [0.2, 0.25) is 5.91 Å². The van der Waals surface area contributed by atoms with E-state index in [1.165, 1.54) is 23.3 Å². The number of halogens is 1. The van der Waals surface area contributed by atoms with Crippen molar-refractivity contribution in [3.63, 3.8) is 0 Å². The lowest BCUT2D eigenvalue weighted by Crippen LogP contribution is -2.51. The van der Waals surface area contributed by atoms with Crippen molar-refractivity contribution in [2.75, 3.05) is 24.5 Å². The fourth-order valence-corrected chi connectivity index (χ4v) is 4.37. The van der Waals surface area contributed by atoms with Crippen molar-refractivity contribution >= 4 is 41.1 Å². The minimum Gasteiger partial charge on any atom is -0.354 e. The molecule has 5 rings (SSSR count). The van der Waals surface area contributed by atoms with Crippen LogP contribution in [0.1, 0.15) is 24.8 Å². The number of amides is 3. The summed E-state index contributed by atoms with van der Waals surface area (Å²) in [5, 5.41) is 10.7. The second-order valence-electron chi connectivity index (χ2n) is 7.31. The van der Waals surface area contributed by atoms with E-state index in [0.29, 0.717) is 30.0 Å². The van der Waals surface area contributed by atoms with Crippen molar-refractivity contribution < 1.29 is 14.1 Å². The van der Waals surface area contributed by atoms with E-state index in [-0.39, 0.29) is 24.7 Å². The van der Waals surface area contributed by atoms with Gasteiger partial charge in [-0.2, -0.15) is 0 Å². The first-order chi connectivity index (χ1) is 12.7. The van der Waals surface area contributed by atoms with E-state index in [0.717, 1.165) is 25.0 Å². The van der Waals surface area contributed by atoms with Crippen LogP contribution >= 0.6 is 12.4 Å². The second-order valence-corrected chi connectivity index (χ2v) is 7.31. The number of imide groups is 1. The van der Waals surface area contributed by atoms with Crippen molar-refractivity contribution in [3.05, 3.63) is 23.8 Å². The molecule has 2 N–H and O–H groups in total. The van der Waals surface area contributed by atoms with Crippen LogP contribution in [0.4, 0.5) is 10.6 Å². The van der Waals surface area contributed by atoms with Crippen molar-refractivity contribution in [2.24, 2.45) is 0 Å². The lowest BCUT2D eigenvalue weighted by Gasteiger charge is -2.35. The Hall–Kier alpha value is -2.16. The third-order valence-electron chi connectivity index (χ3n) is 5.72. The molecule has 2 aromatic rings. The smallest absolute Gasteiger partial charge is 0.329 e. The number of benzene rings is 1. The van der Waals surface area contributed by atoms with Crippen LogP contribution in [0.5, 0.6) is 0 Å². The van der Waals surface area contributed by atoms with E-state index in [2.05, 4.69) is 32.8 Å². The highest BCUT2D eigenvalue weighted by molar-refractivity contribution is 6.08. The molecule has 0 saturated carbocycles. The SMILES string of the molecule is Cl.O=C1CCN(c2noc3ccc(CN4[C@@H]5CC[C@H]4CNC5)cc23)C(=O)N1. The van der Waals surface area contributed by atoms with Gasteiger partial charge in [0.15, 0.2) is 11.4 Å². The first-order valence-electron chi connectivity index (χ1n) is 9.15. The van der Waals surface area contributed by atoms with E-state index in [9.17, 15) is 9.59 Å². The third kappa shape index (κ3) is 3.18. The highest BCUT2D eigenvalue weighted by Crippen LogP contribution is 2.31.